The highest BCUT2D eigenvalue weighted by Crippen LogP contribution is 2.49. The second kappa shape index (κ2) is 4.19. The van der Waals surface area contributed by atoms with Gasteiger partial charge in [-0.05, 0) is 63.1 Å². The summed E-state index contributed by atoms with van der Waals surface area (Å²) in [6.45, 7) is 7.24. The van der Waals surface area contributed by atoms with Crippen LogP contribution in [-0.2, 0) is 0 Å². The van der Waals surface area contributed by atoms with E-state index in [-0.39, 0.29) is 0 Å². The van der Waals surface area contributed by atoms with E-state index in [0.717, 1.165) is 12.5 Å². The summed E-state index contributed by atoms with van der Waals surface area (Å²) in [6, 6.07) is 0. The first-order chi connectivity index (χ1) is 6.74. The zero-order valence-corrected chi connectivity index (χ0v) is 9.47. The third-order valence-electron chi connectivity index (χ3n) is 4.07. The second-order valence-corrected chi connectivity index (χ2v) is 5.50. The Morgan fingerprint density at radius 1 is 1.29 bits per heavy atom. The molecule has 0 unspecified atom stereocenters. The fraction of sp³-hybridized carbons (Fsp3) is 1.00. The van der Waals surface area contributed by atoms with Crippen LogP contribution in [0.5, 0.6) is 0 Å². The second-order valence-electron chi connectivity index (χ2n) is 5.50. The van der Waals surface area contributed by atoms with Crippen molar-refractivity contribution in [3.05, 3.63) is 0 Å². The first-order valence-electron chi connectivity index (χ1n) is 6.16. The predicted molar refractivity (Wildman–Crippen MR) is 60.2 cm³/mol. The molecule has 0 amide bonds. The SMILES string of the molecule is CC1CCN(CC2(CCN)CC2)CC1. The van der Waals surface area contributed by atoms with Crippen molar-refractivity contribution in [1.82, 2.24) is 4.90 Å². The summed E-state index contributed by atoms with van der Waals surface area (Å²) in [5.74, 6) is 0.955. The molecule has 2 heteroatoms. The molecule has 2 N–H and O–H groups in total. The van der Waals surface area contributed by atoms with Crippen LogP contribution in [0.3, 0.4) is 0 Å². The Balaban J connectivity index is 1.75. The molecular weight excluding hydrogens is 172 g/mol. The van der Waals surface area contributed by atoms with E-state index in [2.05, 4.69) is 11.8 Å². The number of nitrogens with zero attached hydrogens (tertiary/aromatic N) is 1. The number of piperidine rings is 1. The van der Waals surface area contributed by atoms with Crippen molar-refractivity contribution in [2.45, 2.75) is 39.0 Å². The zero-order chi connectivity index (χ0) is 10.0. The summed E-state index contributed by atoms with van der Waals surface area (Å²) in [4.78, 5) is 2.67. The van der Waals surface area contributed by atoms with Crippen LogP contribution in [0.25, 0.3) is 0 Å². The third kappa shape index (κ3) is 2.48. The summed E-state index contributed by atoms with van der Waals surface area (Å²) >= 11 is 0. The van der Waals surface area contributed by atoms with Crippen LogP contribution in [0.15, 0.2) is 0 Å². The maximum Gasteiger partial charge on any atom is 0.00385 e. The van der Waals surface area contributed by atoms with Gasteiger partial charge in [0.05, 0.1) is 0 Å². The van der Waals surface area contributed by atoms with Gasteiger partial charge in [0.1, 0.15) is 0 Å². The Morgan fingerprint density at radius 2 is 1.93 bits per heavy atom. The number of hydrogen-bond donors (Lipinski definition) is 1. The lowest BCUT2D eigenvalue weighted by atomic mass is 9.96. The lowest BCUT2D eigenvalue weighted by Gasteiger charge is -2.33. The molecule has 1 aliphatic carbocycles. The van der Waals surface area contributed by atoms with Gasteiger partial charge in [0.25, 0.3) is 0 Å². The van der Waals surface area contributed by atoms with Gasteiger partial charge in [-0.25, -0.2) is 0 Å². The van der Waals surface area contributed by atoms with Gasteiger partial charge in [0.2, 0.25) is 0 Å². The van der Waals surface area contributed by atoms with Gasteiger partial charge in [0.15, 0.2) is 0 Å². The van der Waals surface area contributed by atoms with E-state index in [1.54, 1.807) is 0 Å². The molecule has 2 nitrogen and oxygen atoms in total. The molecule has 0 bridgehead atoms. The largest absolute Gasteiger partial charge is 0.330 e. The van der Waals surface area contributed by atoms with E-state index in [4.69, 9.17) is 5.73 Å². The smallest absolute Gasteiger partial charge is 0.00385 e. The normalized spacial score (nSPS) is 27.9. The highest BCUT2D eigenvalue weighted by atomic mass is 15.1. The highest BCUT2D eigenvalue weighted by molar-refractivity contribution is 4.96. The molecule has 0 radical (unpaired) electrons. The predicted octanol–water partition coefficient (Wildman–Crippen LogP) is 1.85. The van der Waals surface area contributed by atoms with Crippen LogP contribution >= 0.6 is 0 Å². The van der Waals surface area contributed by atoms with E-state index in [1.807, 2.05) is 0 Å². The lowest BCUT2D eigenvalue weighted by molar-refractivity contribution is 0.156. The Kier molecular flexibility index (Phi) is 3.13. The third-order valence-corrected chi connectivity index (χ3v) is 4.07. The minimum Gasteiger partial charge on any atom is -0.330 e. The molecule has 2 rings (SSSR count). The molecule has 82 valence electrons. The minimum absolute atomic E-state index is 0.648. The fourth-order valence-electron chi connectivity index (χ4n) is 2.66. The maximum absolute atomic E-state index is 5.66. The van der Waals surface area contributed by atoms with Crippen LogP contribution < -0.4 is 5.73 Å². The highest BCUT2D eigenvalue weighted by Gasteiger charge is 2.42. The molecule has 1 saturated carbocycles. The molecule has 1 aliphatic heterocycles. The molecule has 2 fully saturated rings. The van der Waals surface area contributed by atoms with Crippen molar-refractivity contribution < 1.29 is 0 Å². The molecule has 14 heavy (non-hydrogen) atoms. The topological polar surface area (TPSA) is 29.3 Å². The van der Waals surface area contributed by atoms with E-state index in [1.165, 1.54) is 51.7 Å². The summed E-state index contributed by atoms with van der Waals surface area (Å²) in [5.41, 5.74) is 6.31. The van der Waals surface area contributed by atoms with E-state index in [0.29, 0.717) is 5.41 Å². The van der Waals surface area contributed by atoms with Crippen molar-refractivity contribution in [3.8, 4) is 0 Å². The van der Waals surface area contributed by atoms with E-state index < -0.39 is 0 Å². The van der Waals surface area contributed by atoms with Crippen molar-refractivity contribution in [2.24, 2.45) is 17.1 Å². The first kappa shape index (κ1) is 10.4. The van der Waals surface area contributed by atoms with Gasteiger partial charge in [-0.1, -0.05) is 6.92 Å². The number of nitrogens with two attached hydrogens (primary N) is 1. The van der Waals surface area contributed by atoms with Gasteiger partial charge < -0.3 is 10.6 Å². The molecule has 0 aromatic rings. The molecule has 0 aromatic carbocycles. The average Bonchev–Trinajstić information content (AvgIpc) is 2.90. The molecule has 1 saturated heterocycles. The Bertz CT molecular complexity index is 179. The summed E-state index contributed by atoms with van der Waals surface area (Å²) in [6.07, 6.45) is 6.91. The van der Waals surface area contributed by atoms with E-state index >= 15 is 0 Å². The minimum atomic E-state index is 0.648. The molecule has 0 atom stereocenters. The van der Waals surface area contributed by atoms with Crippen LogP contribution in [0.1, 0.15) is 39.0 Å². The van der Waals surface area contributed by atoms with Gasteiger partial charge in [-0.2, -0.15) is 0 Å². The van der Waals surface area contributed by atoms with Crippen LogP contribution in [0.4, 0.5) is 0 Å². The van der Waals surface area contributed by atoms with Crippen molar-refractivity contribution in [1.29, 1.82) is 0 Å². The van der Waals surface area contributed by atoms with Gasteiger partial charge in [-0.15, -0.1) is 0 Å². The first-order valence-corrected chi connectivity index (χ1v) is 6.16. The lowest BCUT2D eigenvalue weighted by Crippen LogP contribution is -2.37. The maximum atomic E-state index is 5.66. The molecular formula is C12H24N2. The molecule has 0 aromatic heterocycles. The summed E-state index contributed by atoms with van der Waals surface area (Å²) in [7, 11) is 0. The van der Waals surface area contributed by atoms with Gasteiger partial charge in [-0.3, -0.25) is 0 Å². The Hall–Kier alpha value is -0.0800. The van der Waals surface area contributed by atoms with Crippen molar-refractivity contribution in [3.63, 3.8) is 0 Å². The average molecular weight is 196 g/mol. The standard InChI is InChI=1S/C12H24N2/c1-11-2-8-14(9-3-11)10-12(4-5-12)6-7-13/h11H,2-10,13H2,1H3. The van der Waals surface area contributed by atoms with Crippen LogP contribution in [0, 0.1) is 11.3 Å². The van der Waals surface area contributed by atoms with Crippen LogP contribution in [0.2, 0.25) is 0 Å². The van der Waals surface area contributed by atoms with Gasteiger partial charge >= 0.3 is 0 Å². The Labute approximate surface area is 87.8 Å². The van der Waals surface area contributed by atoms with E-state index in [9.17, 15) is 0 Å². The Morgan fingerprint density at radius 3 is 2.43 bits per heavy atom. The fourth-order valence-corrected chi connectivity index (χ4v) is 2.66. The molecule has 2 aliphatic rings. The monoisotopic (exact) mass is 196 g/mol. The van der Waals surface area contributed by atoms with Crippen LogP contribution in [-0.4, -0.2) is 31.1 Å². The zero-order valence-electron chi connectivity index (χ0n) is 9.47. The number of hydrogen-bond acceptors (Lipinski definition) is 2. The summed E-state index contributed by atoms with van der Waals surface area (Å²) < 4.78 is 0. The molecule has 1 heterocycles. The van der Waals surface area contributed by atoms with Crippen molar-refractivity contribution in [2.75, 3.05) is 26.2 Å². The molecule has 0 spiro atoms. The van der Waals surface area contributed by atoms with Crippen molar-refractivity contribution >= 4 is 0 Å². The quantitative estimate of drug-likeness (QED) is 0.743. The number of rotatable bonds is 4. The van der Waals surface area contributed by atoms with Gasteiger partial charge in [0, 0.05) is 6.54 Å². The summed E-state index contributed by atoms with van der Waals surface area (Å²) in [5, 5.41) is 0. The number of likely N-dealkylation sites (tertiary alicyclic amines) is 1.